The molecule has 0 bridgehead atoms. The minimum atomic E-state index is -0.849. The molecule has 0 unspecified atom stereocenters. The number of carbonyl (C=O) groups excluding carboxylic acids is 2. The Labute approximate surface area is 250 Å². The van der Waals surface area contributed by atoms with Gasteiger partial charge in [-0.2, -0.15) is 11.8 Å². The molecule has 0 spiro atoms. The zero-order chi connectivity index (χ0) is 30.3. The average molecular weight is 605 g/mol. The monoisotopic (exact) mass is 604 g/mol. The smallest absolute Gasteiger partial charge is 0.446 e. The van der Waals surface area contributed by atoms with Crippen molar-refractivity contribution in [3.63, 3.8) is 0 Å². The molecule has 0 atom stereocenters. The van der Waals surface area contributed by atoms with Gasteiger partial charge in [0.2, 0.25) is 11.7 Å². The Hall–Kier alpha value is -4.92. The highest BCUT2D eigenvalue weighted by Gasteiger charge is 2.28. The fraction of sp³-hybridized carbons (Fsp3) is 0.321. The second-order valence-electron chi connectivity index (χ2n) is 9.57. The van der Waals surface area contributed by atoms with Gasteiger partial charge in [0.1, 0.15) is 24.9 Å². The van der Waals surface area contributed by atoms with E-state index < -0.39 is 11.2 Å². The predicted octanol–water partition coefficient (Wildman–Crippen LogP) is 3.82. The summed E-state index contributed by atoms with van der Waals surface area (Å²) >= 11 is 1.35. The van der Waals surface area contributed by atoms with Crippen molar-refractivity contribution in [2.24, 2.45) is 0 Å². The van der Waals surface area contributed by atoms with Gasteiger partial charge in [-0.25, -0.2) is 14.8 Å². The number of benzene rings is 2. The standard InChI is InChI=1S/C28H28N8O6S/c1-18-22-11-12-25(37)34(27(22)30-19(2)29-18)17-20-7-9-21(10-8-20)23-5-3-4-6-24(23)26-31-33-35(32-26)28(38)41-13-15-43-16-14-42-36(39)40/h3-10H,11-17H2,1-2H3. The van der Waals surface area contributed by atoms with Crippen LogP contribution in [0.2, 0.25) is 0 Å². The first-order chi connectivity index (χ1) is 20.8. The third kappa shape index (κ3) is 7.12. The first-order valence-electron chi connectivity index (χ1n) is 13.5. The number of fused-ring (bicyclic) bond motifs is 1. The number of hydrogen-bond acceptors (Lipinski definition) is 12. The van der Waals surface area contributed by atoms with Crippen molar-refractivity contribution in [2.75, 3.05) is 29.6 Å². The average Bonchev–Trinajstić information content (AvgIpc) is 3.49. The first kappa shape index (κ1) is 29.6. The minimum Gasteiger partial charge on any atom is -0.446 e. The second-order valence-corrected chi connectivity index (χ2v) is 10.8. The topological polar surface area (TPSA) is 168 Å². The van der Waals surface area contributed by atoms with Crippen molar-refractivity contribution in [1.29, 1.82) is 0 Å². The van der Waals surface area contributed by atoms with Crippen LogP contribution in [0, 0.1) is 24.0 Å². The highest BCUT2D eigenvalue weighted by atomic mass is 32.2. The third-order valence-corrected chi connectivity index (χ3v) is 7.59. The van der Waals surface area contributed by atoms with Crippen LogP contribution in [0.3, 0.4) is 0 Å². The SMILES string of the molecule is Cc1nc(C)c2c(n1)N(Cc1ccc(-c3ccccc3-c3nnn(C(=O)OCCSCCO[N+](=O)[O-])n3)cc1)C(=O)CC2. The van der Waals surface area contributed by atoms with Crippen molar-refractivity contribution in [3.05, 3.63) is 81.3 Å². The first-order valence-corrected chi connectivity index (χ1v) is 14.6. The summed E-state index contributed by atoms with van der Waals surface area (Å²) in [5, 5.41) is 21.4. The Morgan fingerprint density at radius 1 is 1.02 bits per heavy atom. The Morgan fingerprint density at radius 2 is 1.77 bits per heavy atom. The lowest BCUT2D eigenvalue weighted by atomic mass is 9.98. The molecule has 4 aromatic rings. The summed E-state index contributed by atoms with van der Waals surface area (Å²) in [7, 11) is 0. The number of tetrazole rings is 1. The Bertz CT molecular complexity index is 1640. The van der Waals surface area contributed by atoms with Crippen molar-refractivity contribution >= 4 is 29.6 Å². The number of aryl methyl sites for hydroxylation is 2. The minimum absolute atomic E-state index is 0.0353. The summed E-state index contributed by atoms with van der Waals surface area (Å²) in [4.78, 5) is 51.1. The molecule has 0 aliphatic carbocycles. The van der Waals surface area contributed by atoms with Gasteiger partial charge < -0.3 is 9.57 Å². The summed E-state index contributed by atoms with van der Waals surface area (Å²) in [6.45, 7) is 4.21. The van der Waals surface area contributed by atoms with Crippen molar-refractivity contribution in [1.82, 2.24) is 30.2 Å². The maximum Gasteiger partial charge on any atom is 0.453 e. The van der Waals surface area contributed by atoms with Gasteiger partial charge in [-0.3, -0.25) is 9.69 Å². The van der Waals surface area contributed by atoms with Gasteiger partial charge >= 0.3 is 6.09 Å². The molecule has 5 rings (SSSR count). The summed E-state index contributed by atoms with van der Waals surface area (Å²) in [5.41, 5.74) is 5.29. The summed E-state index contributed by atoms with van der Waals surface area (Å²) < 4.78 is 5.17. The lowest BCUT2D eigenvalue weighted by molar-refractivity contribution is -0.756. The number of ether oxygens (including phenoxy) is 1. The maximum atomic E-state index is 12.8. The summed E-state index contributed by atoms with van der Waals surface area (Å²) in [6, 6.07) is 15.4. The molecule has 15 heteroatoms. The van der Waals surface area contributed by atoms with Gasteiger partial charge in [0.15, 0.2) is 0 Å². The van der Waals surface area contributed by atoms with E-state index in [4.69, 9.17) is 4.74 Å². The Kier molecular flexibility index (Phi) is 9.20. The van der Waals surface area contributed by atoms with E-state index in [1.165, 1.54) is 11.8 Å². The van der Waals surface area contributed by atoms with Crippen LogP contribution in [-0.4, -0.2) is 72.0 Å². The maximum absolute atomic E-state index is 12.8. The summed E-state index contributed by atoms with van der Waals surface area (Å²) in [6.07, 6.45) is 0.283. The van der Waals surface area contributed by atoms with Crippen molar-refractivity contribution < 1.29 is 24.3 Å². The highest BCUT2D eigenvalue weighted by Crippen LogP contribution is 2.32. The molecule has 1 aliphatic heterocycles. The largest absolute Gasteiger partial charge is 0.453 e. The van der Waals surface area contributed by atoms with Crippen molar-refractivity contribution in [2.45, 2.75) is 33.2 Å². The van der Waals surface area contributed by atoms with E-state index in [0.29, 0.717) is 48.1 Å². The van der Waals surface area contributed by atoms with Crippen LogP contribution >= 0.6 is 11.8 Å². The van der Waals surface area contributed by atoms with E-state index in [-0.39, 0.29) is 24.9 Å². The Morgan fingerprint density at radius 3 is 2.53 bits per heavy atom. The summed E-state index contributed by atoms with van der Waals surface area (Å²) in [5.74, 6) is 2.43. The molecule has 0 saturated carbocycles. The van der Waals surface area contributed by atoms with Gasteiger partial charge in [0.25, 0.3) is 5.09 Å². The third-order valence-electron chi connectivity index (χ3n) is 6.68. The fourth-order valence-corrected chi connectivity index (χ4v) is 5.30. The van der Waals surface area contributed by atoms with Crippen LogP contribution in [0.1, 0.15) is 29.1 Å². The number of anilines is 1. The normalized spacial score (nSPS) is 12.6. The molecule has 0 fully saturated rings. The molecule has 2 aromatic carbocycles. The highest BCUT2D eigenvalue weighted by molar-refractivity contribution is 7.99. The molecule has 14 nitrogen and oxygen atoms in total. The Balaban J connectivity index is 1.25. The van der Waals surface area contributed by atoms with Gasteiger partial charge in [-0.1, -0.05) is 53.3 Å². The number of rotatable bonds is 11. The number of amides is 1. The molecule has 43 heavy (non-hydrogen) atoms. The molecule has 222 valence electrons. The zero-order valence-corrected chi connectivity index (χ0v) is 24.3. The van der Waals surface area contributed by atoms with E-state index in [1.807, 2.05) is 62.4 Å². The number of thioether (sulfide) groups is 1. The molecule has 3 heterocycles. The van der Waals surface area contributed by atoms with E-state index in [0.717, 1.165) is 32.7 Å². The number of aromatic nitrogens is 6. The van der Waals surface area contributed by atoms with Crippen LogP contribution in [0.5, 0.6) is 0 Å². The van der Waals surface area contributed by atoms with Crippen LogP contribution in [0.4, 0.5) is 10.6 Å². The van der Waals surface area contributed by atoms with Crippen molar-refractivity contribution in [3.8, 4) is 22.5 Å². The quantitative estimate of drug-likeness (QED) is 0.138. The van der Waals surface area contributed by atoms with Crippen LogP contribution in [0.25, 0.3) is 22.5 Å². The predicted molar refractivity (Wildman–Crippen MR) is 157 cm³/mol. The van der Waals surface area contributed by atoms with Gasteiger partial charge in [0, 0.05) is 34.7 Å². The lowest BCUT2D eigenvalue weighted by Gasteiger charge is -2.29. The number of nitrogens with zero attached hydrogens (tertiary/aromatic N) is 8. The lowest BCUT2D eigenvalue weighted by Crippen LogP contribution is -2.36. The fourth-order valence-electron chi connectivity index (χ4n) is 4.70. The molecular formula is C28H28N8O6S. The molecule has 0 radical (unpaired) electrons. The van der Waals surface area contributed by atoms with Crippen LogP contribution < -0.4 is 4.90 Å². The number of hydrogen-bond donors (Lipinski definition) is 0. The van der Waals surface area contributed by atoms with E-state index in [2.05, 4.69) is 30.2 Å². The van der Waals surface area contributed by atoms with E-state index in [9.17, 15) is 19.7 Å². The van der Waals surface area contributed by atoms with Gasteiger partial charge in [0.05, 0.1) is 6.54 Å². The molecule has 1 aliphatic rings. The molecule has 0 N–H and O–H groups in total. The number of carbonyl (C=O) groups is 2. The van der Waals surface area contributed by atoms with Gasteiger partial charge in [-0.05, 0) is 42.2 Å². The molecular weight excluding hydrogens is 576 g/mol. The van der Waals surface area contributed by atoms with Crippen LogP contribution in [-0.2, 0) is 27.3 Å². The van der Waals surface area contributed by atoms with E-state index >= 15 is 0 Å². The second kappa shape index (κ2) is 13.4. The molecule has 1 amide bonds. The zero-order valence-electron chi connectivity index (χ0n) is 23.5. The van der Waals surface area contributed by atoms with E-state index in [1.54, 1.807) is 4.90 Å². The van der Waals surface area contributed by atoms with Gasteiger partial charge in [-0.15, -0.1) is 20.3 Å². The molecule has 0 saturated heterocycles. The van der Waals surface area contributed by atoms with Crippen LogP contribution in [0.15, 0.2) is 48.5 Å². The molecule has 2 aromatic heterocycles.